The zero-order chi connectivity index (χ0) is 40.1. The van der Waals surface area contributed by atoms with E-state index in [4.69, 9.17) is 9.47 Å². The van der Waals surface area contributed by atoms with Gasteiger partial charge in [-0.15, -0.1) is 16.9 Å². The number of thioether (sulfide) groups is 2. The molecule has 3 atom stereocenters. The molecule has 3 aliphatic rings. The van der Waals surface area contributed by atoms with Gasteiger partial charge in [-0.05, 0) is 46.2 Å². The molecule has 4 heterocycles. The number of aliphatic carboxylic acids is 1. The van der Waals surface area contributed by atoms with Crippen LogP contribution in [0.25, 0.3) is 0 Å². The molecule has 0 radical (unpaired) electrons. The first-order valence-corrected chi connectivity index (χ1v) is 18.8. The van der Waals surface area contributed by atoms with Crippen molar-refractivity contribution in [2.24, 2.45) is 7.05 Å². The second-order valence-electron chi connectivity index (χ2n) is 12.3. The van der Waals surface area contributed by atoms with Gasteiger partial charge in [-0.3, -0.25) is 29.0 Å². The summed E-state index contributed by atoms with van der Waals surface area (Å²) in [7, 11) is 1.61. The number of carbonyl (C=O) groups excluding carboxylic acids is 6. The summed E-state index contributed by atoms with van der Waals surface area (Å²) in [6.07, 6.45) is -1.02. The molecule has 0 spiro atoms. The standard InChI is InChI=1S/C33H34N10O11S2/c1-3-41-13-14-42(26(46)25(41)45)30(50)34-22(19-9-11-21(12-10-19)54-32(51)53-15-18-7-5-4-6-8-18)24(44)35-33(37-52)28(49)43-23(27(47)48)20(16-55-29(33)43)17-56-31-36-38-39-40(31)2/h4-12,22,29,37,52H,3,13-17H2,1-2H3,(H,34,50)(H,35,44)(H,47,48)/t22?,29-,33-/m0/s1. The van der Waals surface area contributed by atoms with Crippen molar-refractivity contribution in [1.82, 2.24) is 51.0 Å². The molecular formula is C33H34N10O11S2. The van der Waals surface area contributed by atoms with E-state index in [0.29, 0.717) is 15.6 Å². The SMILES string of the molecule is CCN1CCN(C(=O)NC(C(=O)N[C@]2(NO)C(=O)N3C(C(=O)O)=C(CSc4nnnn4C)CS[C@H]32)c2ccc(OC(=O)OCc3ccccc3)cc2)C(=O)C1=O. The van der Waals surface area contributed by atoms with Crippen molar-refractivity contribution >= 4 is 65.3 Å². The van der Waals surface area contributed by atoms with Gasteiger partial charge in [0, 0.05) is 38.2 Å². The van der Waals surface area contributed by atoms with Crippen LogP contribution in [0.5, 0.6) is 5.75 Å². The zero-order valence-corrected chi connectivity index (χ0v) is 31.2. The van der Waals surface area contributed by atoms with Gasteiger partial charge >= 0.3 is 30.0 Å². The van der Waals surface area contributed by atoms with Crippen LogP contribution >= 0.6 is 23.5 Å². The van der Waals surface area contributed by atoms with Gasteiger partial charge in [0.25, 0.3) is 5.91 Å². The molecule has 1 aromatic heterocycles. The van der Waals surface area contributed by atoms with E-state index in [-0.39, 0.29) is 54.8 Å². The van der Waals surface area contributed by atoms with E-state index in [9.17, 15) is 43.9 Å². The first-order chi connectivity index (χ1) is 26.9. The minimum Gasteiger partial charge on any atom is -0.477 e. The number of hydrogen-bond donors (Lipinski definition) is 5. The number of benzene rings is 2. The van der Waals surface area contributed by atoms with Gasteiger partial charge in [0.1, 0.15) is 29.5 Å². The van der Waals surface area contributed by atoms with Crippen LogP contribution in [-0.4, -0.2) is 129 Å². The van der Waals surface area contributed by atoms with Crippen molar-refractivity contribution in [1.29, 1.82) is 0 Å². The fraction of sp³-hybridized carbons (Fsp3) is 0.333. The number of carboxylic acids is 1. The molecule has 1 unspecified atom stereocenters. The summed E-state index contributed by atoms with van der Waals surface area (Å²) in [5, 5.41) is 35.7. The van der Waals surface area contributed by atoms with Gasteiger partial charge in [0.15, 0.2) is 0 Å². The van der Waals surface area contributed by atoms with Crippen molar-refractivity contribution in [3.05, 3.63) is 77.0 Å². The third kappa shape index (κ3) is 7.87. The number of imide groups is 1. The molecule has 21 nitrogen and oxygen atoms in total. The lowest BCUT2D eigenvalue weighted by atomic mass is 9.94. The number of rotatable bonds is 13. The molecule has 0 saturated carbocycles. The quantitative estimate of drug-likeness (QED) is 0.0294. The second kappa shape index (κ2) is 16.8. The number of piperazine rings is 1. The number of β-lactam (4-membered cyclic amide) rings is 1. The van der Waals surface area contributed by atoms with Crippen LogP contribution in [-0.2, 0) is 42.4 Å². The molecule has 0 aliphatic carbocycles. The Morgan fingerprint density at radius 3 is 2.43 bits per heavy atom. The minimum absolute atomic E-state index is 0.00284. The predicted molar refractivity (Wildman–Crippen MR) is 192 cm³/mol. The molecular weight excluding hydrogens is 777 g/mol. The van der Waals surface area contributed by atoms with Crippen molar-refractivity contribution in [3.8, 4) is 5.75 Å². The van der Waals surface area contributed by atoms with Crippen molar-refractivity contribution in [2.75, 3.05) is 31.1 Å². The Bertz CT molecular complexity index is 2080. The molecule has 3 aliphatic heterocycles. The van der Waals surface area contributed by atoms with E-state index in [1.165, 1.54) is 33.8 Å². The van der Waals surface area contributed by atoms with E-state index in [1.807, 2.05) is 5.48 Å². The molecule has 5 N–H and O–H groups in total. The predicted octanol–water partition coefficient (Wildman–Crippen LogP) is 0.205. The molecule has 0 bridgehead atoms. The largest absolute Gasteiger partial charge is 0.514 e. The van der Waals surface area contributed by atoms with Crippen LogP contribution in [0, 0.1) is 0 Å². The number of ether oxygens (including phenoxy) is 2. The third-order valence-corrected chi connectivity index (χ3v) is 11.4. The summed E-state index contributed by atoms with van der Waals surface area (Å²) < 4.78 is 11.8. The number of aromatic nitrogens is 4. The Morgan fingerprint density at radius 1 is 1.05 bits per heavy atom. The second-order valence-corrected chi connectivity index (χ2v) is 14.3. The minimum atomic E-state index is -2.26. The number of nitrogens with zero attached hydrogens (tertiary/aromatic N) is 7. The number of amides is 6. The summed E-state index contributed by atoms with van der Waals surface area (Å²) in [5.74, 6) is -5.38. The number of hydrogen-bond acceptors (Lipinski definition) is 16. The molecule has 3 aromatic rings. The Balaban J connectivity index is 1.22. The number of carboxylic acid groups (broad SMARTS) is 1. The zero-order valence-electron chi connectivity index (χ0n) is 29.6. The van der Waals surface area contributed by atoms with Crippen LogP contribution in [0.1, 0.15) is 24.1 Å². The molecule has 2 fully saturated rings. The molecule has 2 saturated heterocycles. The van der Waals surface area contributed by atoms with Gasteiger partial charge in [-0.1, -0.05) is 54.2 Å². The Morgan fingerprint density at radius 2 is 1.79 bits per heavy atom. The average molecular weight is 811 g/mol. The highest BCUT2D eigenvalue weighted by Gasteiger charge is 2.66. The van der Waals surface area contributed by atoms with E-state index in [1.54, 1.807) is 44.3 Å². The molecule has 6 rings (SSSR count). The van der Waals surface area contributed by atoms with Crippen LogP contribution in [0.2, 0.25) is 0 Å². The monoisotopic (exact) mass is 810 g/mol. The number of nitrogens with one attached hydrogen (secondary N) is 3. The highest BCUT2D eigenvalue weighted by atomic mass is 32.2. The maximum atomic E-state index is 14.1. The first kappa shape index (κ1) is 39.6. The number of hydroxylamine groups is 1. The van der Waals surface area contributed by atoms with Crippen LogP contribution in [0.15, 0.2) is 71.0 Å². The van der Waals surface area contributed by atoms with E-state index in [0.717, 1.165) is 34.0 Å². The van der Waals surface area contributed by atoms with Crippen molar-refractivity contribution in [2.45, 2.75) is 35.8 Å². The first-order valence-electron chi connectivity index (χ1n) is 16.8. The van der Waals surface area contributed by atoms with Gasteiger partial charge in [-0.25, -0.2) is 19.1 Å². The van der Waals surface area contributed by atoms with Crippen LogP contribution in [0.3, 0.4) is 0 Å². The molecule has 2 aromatic carbocycles. The number of aryl methyl sites for hydroxylation is 1. The Labute approximate surface area is 325 Å². The fourth-order valence-electron chi connectivity index (χ4n) is 5.98. The maximum absolute atomic E-state index is 14.1. The number of fused-ring (bicyclic) bond motifs is 1. The number of carbonyl (C=O) groups is 7. The molecule has 6 amide bonds. The van der Waals surface area contributed by atoms with E-state index < -0.39 is 58.9 Å². The van der Waals surface area contributed by atoms with Gasteiger partial charge in [0.2, 0.25) is 16.7 Å². The smallest absolute Gasteiger partial charge is 0.477 e. The highest BCUT2D eigenvalue weighted by molar-refractivity contribution is 8.01. The summed E-state index contributed by atoms with van der Waals surface area (Å²) in [6.45, 7) is 1.72. The molecule has 56 heavy (non-hydrogen) atoms. The summed E-state index contributed by atoms with van der Waals surface area (Å²) in [5.41, 5.74) is 0.369. The number of urea groups is 1. The van der Waals surface area contributed by atoms with Gasteiger partial charge < -0.3 is 35.3 Å². The lowest BCUT2D eigenvalue weighted by Gasteiger charge is -2.56. The number of likely N-dealkylation sites (N-methyl/N-ethyl adjacent to an activating group) is 1. The Hall–Kier alpha value is -6.04. The van der Waals surface area contributed by atoms with Crippen LogP contribution in [0.4, 0.5) is 9.59 Å². The van der Waals surface area contributed by atoms with E-state index in [2.05, 4.69) is 26.2 Å². The molecule has 23 heteroatoms. The lowest BCUT2D eigenvalue weighted by Crippen LogP contribution is -2.85. The van der Waals surface area contributed by atoms with Crippen molar-refractivity contribution in [3.63, 3.8) is 0 Å². The van der Waals surface area contributed by atoms with Gasteiger partial charge in [0.05, 0.1) is 0 Å². The topological polar surface area (TPSA) is 268 Å². The Kier molecular flexibility index (Phi) is 11.9. The summed E-state index contributed by atoms with van der Waals surface area (Å²) in [4.78, 5) is 94.4. The van der Waals surface area contributed by atoms with Gasteiger partial charge in [-0.2, -0.15) is 5.48 Å². The molecule has 294 valence electrons. The van der Waals surface area contributed by atoms with E-state index >= 15 is 0 Å². The fourth-order valence-corrected chi connectivity index (χ4v) is 8.38. The number of tetrazole rings is 1. The lowest BCUT2D eigenvalue weighted by molar-refractivity contribution is -0.171. The van der Waals surface area contributed by atoms with Crippen molar-refractivity contribution < 1.29 is 53.3 Å². The summed E-state index contributed by atoms with van der Waals surface area (Å²) in [6, 6.07) is 11.3. The normalized spacial score (nSPS) is 19.9. The highest BCUT2D eigenvalue weighted by Crippen LogP contribution is 2.46. The average Bonchev–Trinajstić information content (AvgIpc) is 3.62. The maximum Gasteiger partial charge on any atom is 0.514 e. The summed E-state index contributed by atoms with van der Waals surface area (Å²) >= 11 is 2.20. The third-order valence-electron chi connectivity index (χ3n) is 8.89. The van der Waals surface area contributed by atoms with Crippen LogP contribution < -0.4 is 20.9 Å².